The van der Waals surface area contributed by atoms with E-state index in [4.69, 9.17) is 0 Å². The van der Waals surface area contributed by atoms with E-state index in [1.165, 1.54) is 11.3 Å². The van der Waals surface area contributed by atoms with Crippen LogP contribution in [0, 0.1) is 0 Å². The molecule has 2 aromatic carbocycles. The van der Waals surface area contributed by atoms with Crippen molar-refractivity contribution in [1.29, 1.82) is 0 Å². The fraction of sp³-hybridized carbons (Fsp3) is 0.379. The van der Waals surface area contributed by atoms with E-state index in [9.17, 15) is 14.4 Å². The van der Waals surface area contributed by atoms with Gasteiger partial charge in [0.2, 0.25) is 5.91 Å². The summed E-state index contributed by atoms with van der Waals surface area (Å²) in [6.45, 7) is 2.74. The smallest absolute Gasteiger partial charge is 0.273 e. The molecule has 206 valence electrons. The summed E-state index contributed by atoms with van der Waals surface area (Å²) in [7, 11) is 0. The van der Waals surface area contributed by atoms with Gasteiger partial charge in [-0.2, -0.15) is 0 Å². The molecule has 2 saturated heterocycles. The van der Waals surface area contributed by atoms with E-state index in [1.807, 2.05) is 75.8 Å². The van der Waals surface area contributed by atoms with Crippen LogP contribution in [0.2, 0.25) is 0 Å². The zero-order valence-corrected chi connectivity index (χ0v) is 23.4. The summed E-state index contributed by atoms with van der Waals surface area (Å²) in [5.41, 5.74) is 2.07. The molecule has 3 amide bonds. The molecule has 0 saturated carbocycles. The van der Waals surface area contributed by atoms with Crippen molar-refractivity contribution in [2.45, 2.75) is 37.8 Å². The molecule has 3 aromatic rings. The van der Waals surface area contributed by atoms with Crippen molar-refractivity contribution >= 4 is 41.5 Å². The summed E-state index contributed by atoms with van der Waals surface area (Å²) in [4.78, 5) is 48.1. The highest BCUT2D eigenvalue weighted by Crippen LogP contribution is 2.24. The SMILES string of the molecule is Cl.O=C1NCCCCN(C(=O)c2csc(-c3ccccc3)n2)CCCN(C(=O)c2ccccc2)[C@@H]2CN[C@H]1C2. The van der Waals surface area contributed by atoms with Crippen LogP contribution in [0.5, 0.6) is 0 Å². The van der Waals surface area contributed by atoms with Gasteiger partial charge in [0, 0.05) is 55.3 Å². The Morgan fingerprint density at radius 3 is 2.38 bits per heavy atom. The Morgan fingerprint density at radius 1 is 0.897 bits per heavy atom. The molecule has 5 rings (SSSR count). The van der Waals surface area contributed by atoms with Gasteiger partial charge in [-0.05, 0) is 37.8 Å². The molecular weight excluding hydrogens is 534 g/mol. The van der Waals surface area contributed by atoms with E-state index in [-0.39, 0.29) is 42.2 Å². The zero-order valence-electron chi connectivity index (χ0n) is 21.8. The Hall–Kier alpha value is -3.27. The molecule has 0 spiro atoms. The fourth-order valence-corrected chi connectivity index (χ4v) is 5.91. The van der Waals surface area contributed by atoms with Gasteiger partial charge in [0.25, 0.3) is 11.8 Å². The van der Waals surface area contributed by atoms with Crippen molar-refractivity contribution in [3.05, 3.63) is 77.3 Å². The van der Waals surface area contributed by atoms with Crippen molar-refractivity contribution in [3.8, 4) is 10.6 Å². The number of rotatable bonds is 3. The maximum absolute atomic E-state index is 13.5. The Bertz CT molecular complexity index is 1260. The number of benzene rings is 2. The van der Waals surface area contributed by atoms with Gasteiger partial charge in [-0.3, -0.25) is 14.4 Å². The average Bonchev–Trinajstić information content (AvgIpc) is 3.65. The lowest BCUT2D eigenvalue weighted by Crippen LogP contribution is -2.44. The van der Waals surface area contributed by atoms with Crippen molar-refractivity contribution < 1.29 is 14.4 Å². The maximum atomic E-state index is 13.5. The van der Waals surface area contributed by atoms with Gasteiger partial charge in [-0.15, -0.1) is 23.7 Å². The third-order valence-electron chi connectivity index (χ3n) is 7.16. The molecule has 3 heterocycles. The number of thiazole rings is 1. The first-order chi connectivity index (χ1) is 18.6. The fourth-order valence-electron chi connectivity index (χ4n) is 5.11. The number of carbonyl (C=O) groups is 3. The van der Waals surface area contributed by atoms with Crippen molar-refractivity contribution in [1.82, 2.24) is 25.4 Å². The van der Waals surface area contributed by atoms with Gasteiger partial charge < -0.3 is 20.4 Å². The van der Waals surface area contributed by atoms with E-state index in [0.717, 1.165) is 23.4 Å². The predicted octanol–water partition coefficient (Wildman–Crippen LogP) is 3.85. The maximum Gasteiger partial charge on any atom is 0.273 e. The molecule has 0 aliphatic carbocycles. The molecule has 2 atom stereocenters. The molecule has 1 aromatic heterocycles. The highest BCUT2D eigenvalue weighted by molar-refractivity contribution is 7.13. The topological polar surface area (TPSA) is 94.6 Å². The van der Waals surface area contributed by atoms with Crippen LogP contribution in [0.25, 0.3) is 10.6 Å². The number of nitrogens with one attached hydrogen (secondary N) is 2. The number of aromatic nitrogens is 1. The van der Waals surface area contributed by atoms with E-state index in [1.54, 1.807) is 0 Å². The van der Waals surface area contributed by atoms with E-state index in [0.29, 0.717) is 56.8 Å². The minimum Gasteiger partial charge on any atom is -0.355 e. The number of carbonyl (C=O) groups excluding carboxylic acids is 3. The molecule has 2 bridgehead atoms. The van der Waals surface area contributed by atoms with Crippen LogP contribution in [0.4, 0.5) is 0 Å². The Balaban J connectivity index is 0.00000353. The van der Waals surface area contributed by atoms with Gasteiger partial charge in [-0.1, -0.05) is 48.5 Å². The molecule has 10 heteroatoms. The van der Waals surface area contributed by atoms with E-state index < -0.39 is 0 Å². The van der Waals surface area contributed by atoms with Crippen molar-refractivity contribution in [3.63, 3.8) is 0 Å². The minimum atomic E-state index is -0.296. The van der Waals surface area contributed by atoms with E-state index in [2.05, 4.69) is 15.6 Å². The van der Waals surface area contributed by atoms with Crippen LogP contribution < -0.4 is 10.6 Å². The largest absolute Gasteiger partial charge is 0.355 e. The van der Waals surface area contributed by atoms with Crippen LogP contribution in [-0.2, 0) is 4.79 Å². The second-order valence-corrected chi connectivity index (χ2v) is 10.6. The van der Waals surface area contributed by atoms with Gasteiger partial charge in [0.15, 0.2) is 0 Å². The van der Waals surface area contributed by atoms with Crippen molar-refractivity contribution in [2.75, 3.05) is 32.7 Å². The molecule has 2 fully saturated rings. The number of hydrogen-bond acceptors (Lipinski definition) is 6. The number of halogens is 1. The van der Waals surface area contributed by atoms with Crippen molar-refractivity contribution in [2.24, 2.45) is 0 Å². The molecule has 2 aliphatic rings. The summed E-state index contributed by atoms with van der Waals surface area (Å²) >= 11 is 1.47. The van der Waals surface area contributed by atoms with Gasteiger partial charge in [0.1, 0.15) is 10.7 Å². The molecule has 0 unspecified atom stereocenters. The molecule has 8 nitrogen and oxygen atoms in total. The molecule has 0 radical (unpaired) electrons. The lowest BCUT2D eigenvalue weighted by molar-refractivity contribution is -0.122. The predicted molar refractivity (Wildman–Crippen MR) is 155 cm³/mol. The second-order valence-electron chi connectivity index (χ2n) is 9.76. The first-order valence-electron chi connectivity index (χ1n) is 13.3. The quantitative estimate of drug-likeness (QED) is 0.501. The summed E-state index contributed by atoms with van der Waals surface area (Å²) in [6.07, 6.45) is 2.78. The van der Waals surface area contributed by atoms with Crippen LogP contribution >= 0.6 is 23.7 Å². The van der Waals surface area contributed by atoms with Crippen LogP contribution in [0.1, 0.15) is 46.5 Å². The van der Waals surface area contributed by atoms with Gasteiger partial charge in [0.05, 0.1) is 6.04 Å². The third-order valence-corrected chi connectivity index (χ3v) is 8.05. The summed E-state index contributed by atoms with van der Waals surface area (Å²) in [5, 5.41) is 8.96. The normalized spacial score (nSPS) is 20.5. The number of hydrogen-bond donors (Lipinski definition) is 2. The first-order valence-corrected chi connectivity index (χ1v) is 14.2. The monoisotopic (exact) mass is 567 g/mol. The lowest BCUT2D eigenvalue weighted by atomic mass is 10.1. The van der Waals surface area contributed by atoms with Gasteiger partial charge >= 0.3 is 0 Å². The summed E-state index contributed by atoms with van der Waals surface area (Å²) < 4.78 is 0. The second kappa shape index (κ2) is 13.7. The third kappa shape index (κ3) is 7.03. The van der Waals surface area contributed by atoms with Crippen LogP contribution in [0.15, 0.2) is 66.0 Å². The molecule has 39 heavy (non-hydrogen) atoms. The Morgan fingerprint density at radius 2 is 1.62 bits per heavy atom. The van der Waals surface area contributed by atoms with Gasteiger partial charge in [-0.25, -0.2) is 4.98 Å². The summed E-state index contributed by atoms with van der Waals surface area (Å²) in [5.74, 6) is -0.168. The van der Waals surface area contributed by atoms with Crippen LogP contribution in [-0.4, -0.2) is 77.3 Å². The number of nitrogens with zero attached hydrogens (tertiary/aromatic N) is 3. The number of fused-ring (bicyclic) bond motifs is 2. The molecule has 2 N–H and O–H groups in total. The highest BCUT2D eigenvalue weighted by atomic mass is 35.5. The zero-order chi connectivity index (χ0) is 26.3. The molecule has 2 aliphatic heterocycles. The van der Waals surface area contributed by atoms with Crippen LogP contribution in [0.3, 0.4) is 0 Å². The number of amides is 3. The Labute approximate surface area is 239 Å². The molecular formula is C29H34ClN5O3S. The standard InChI is InChI=1S/C29H33N5O3S.ClH/c35-26-24-18-23(19-31-24)34(28(36)22-12-5-2-6-13-22)17-9-16-33(15-8-7-14-30-26)29(37)25-20-38-27(32-25)21-10-3-1-4-11-21;/h1-6,10-13,20,23-24,31H,7-9,14-19H2,(H,30,35);1H/t23-,24-;/m0./s1. The average molecular weight is 568 g/mol. The Kier molecular flexibility index (Phi) is 10.1. The minimum absolute atomic E-state index is 0. The lowest BCUT2D eigenvalue weighted by Gasteiger charge is -2.30. The summed E-state index contributed by atoms with van der Waals surface area (Å²) in [6, 6.07) is 18.7. The highest BCUT2D eigenvalue weighted by Gasteiger charge is 2.35. The first kappa shape index (κ1) is 28.7. The van der Waals surface area contributed by atoms with E-state index >= 15 is 0 Å².